The molecule has 100 valence electrons. The summed E-state index contributed by atoms with van der Waals surface area (Å²) >= 11 is 0. The summed E-state index contributed by atoms with van der Waals surface area (Å²) in [6.07, 6.45) is 8.61. The number of anilines is 1. The summed E-state index contributed by atoms with van der Waals surface area (Å²) < 4.78 is 5.07. The Labute approximate surface area is 109 Å². The molecule has 1 aromatic rings. The predicted octanol–water partition coefficient (Wildman–Crippen LogP) is 3.11. The number of nitrogens with zero attached hydrogens (tertiary/aromatic N) is 2. The molecule has 0 amide bonds. The zero-order chi connectivity index (χ0) is 13.0. The lowest BCUT2D eigenvalue weighted by molar-refractivity contribution is 0.253. The lowest BCUT2D eigenvalue weighted by Gasteiger charge is -2.34. The minimum Gasteiger partial charge on any atom is -0.494 e. The Bertz CT molecular complexity index is 364. The van der Waals surface area contributed by atoms with E-state index in [1.807, 2.05) is 0 Å². The Kier molecular flexibility index (Phi) is 4.39. The monoisotopic (exact) mass is 249 g/mol. The highest BCUT2D eigenvalue weighted by Gasteiger charge is 2.27. The lowest BCUT2D eigenvalue weighted by Crippen LogP contribution is -2.35. The Morgan fingerprint density at radius 2 is 1.89 bits per heavy atom. The van der Waals surface area contributed by atoms with Gasteiger partial charge >= 0.3 is 0 Å². The van der Waals surface area contributed by atoms with Gasteiger partial charge in [0.15, 0.2) is 5.75 Å². The molecule has 0 aliphatic heterocycles. The van der Waals surface area contributed by atoms with Crippen molar-refractivity contribution in [3.63, 3.8) is 0 Å². The fourth-order valence-corrected chi connectivity index (χ4v) is 2.80. The first-order valence-corrected chi connectivity index (χ1v) is 6.83. The topological polar surface area (TPSA) is 47.0 Å². The van der Waals surface area contributed by atoms with Crippen molar-refractivity contribution >= 4 is 5.95 Å². The van der Waals surface area contributed by atoms with Crippen molar-refractivity contribution in [2.24, 2.45) is 11.8 Å². The number of hydrogen-bond donors (Lipinski definition) is 1. The average molecular weight is 249 g/mol. The summed E-state index contributed by atoms with van der Waals surface area (Å²) in [7, 11) is 1.63. The van der Waals surface area contributed by atoms with Crippen LogP contribution in [0, 0.1) is 11.8 Å². The molecular formula is C14H23N3O. The third kappa shape index (κ3) is 3.12. The first-order valence-electron chi connectivity index (χ1n) is 6.83. The van der Waals surface area contributed by atoms with Crippen molar-refractivity contribution < 1.29 is 4.74 Å². The van der Waals surface area contributed by atoms with E-state index >= 15 is 0 Å². The largest absolute Gasteiger partial charge is 0.494 e. The normalized spacial score (nSPS) is 24.0. The van der Waals surface area contributed by atoms with Crippen molar-refractivity contribution in [1.82, 2.24) is 9.97 Å². The van der Waals surface area contributed by atoms with Crippen LogP contribution in [0.3, 0.4) is 0 Å². The Hall–Kier alpha value is -1.32. The first kappa shape index (κ1) is 13.1. The second kappa shape index (κ2) is 6.03. The molecule has 18 heavy (non-hydrogen) atoms. The van der Waals surface area contributed by atoms with Crippen molar-refractivity contribution in [1.29, 1.82) is 0 Å². The first-order chi connectivity index (χ1) is 8.70. The van der Waals surface area contributed by atoms with E-state index in [1.54, 1.807) is 19.5 Å². The van der Waals surface area contributed by atoms with E-state index in [0.717, 1.165) is 5.92 Å². The molecule has 0 bridgehead atoms. The predicted molar refractivity (Wildman–Crippen MR) is 72.8 cm³/mol. The lowest BCUT2D eigenvalue weighted by atomic mass is 9.78. The maximum Gasteiger partial charge on any atom is 0.223 e. The average Bonchev–Trinajstić information content (AvgIpc) is 2.40. The summed E-state index contributed by atoms with van der Waals surface area (Å²) in [5.41, 5.74) is 0. The molecular weight excluding hydrogens is 226 g/mol. The zero-order valence-electron chi connectivity index (χ0n) is 11.5. The van der Waals surface area contributed by atoms with Gasteiger partial charge in [-0.25, -0.2) is 9.97 Å². The molecule has 1 aromatic heterocycles. The molecule has 1 aliphatic carbocycles. The van der Waals surface area contributed by atoms with Gasteiger partial charge in [-0.2, -0.15) is 0 Å². The minimum absolute atomic E-state index is 0.507. The molecule has 1 saturated carbocycles. The maximum absolute atomic E-state index is 5.07. The second-order valence-electron chi connectivity index (χ2n) is 5.39. The highest BCUT2D eigenvalue weighted by Crippen LogP contribution is 2.31. The van der Waals surface area contributed by atoms with Crippen LogP contribution >= 0.6 is 0 Å². The van der Waals surface area contributed by atoms with E-state index in [-0.39, 0.29) is 0 Å². The van der Waals surface area contributed by atoms with Crippen molar-refractivity contribution in [2.75, 3.05) is 12.4 Å². The summed E-state index contributed by atoms with van der Waals surface area (Å²) in [6, 6.07) is 0.507. The number of aromatic nitrogens is 2. The van der Waals surface area contributed by atoms with Crippen molar-refractivity contribution in [3.8, 4) is 5.75 Å². The SMILES string of the molecule is COc1cnc(NC2CCCCC2C(C)C)nc1. The van der Waals surface area contributed by atoms with Crippen LogP contribution in [0.2, 0.25) is 0 Å². The minimum atomic E-state index is 0.507. The molecule has 0 radical (unpaired) electrons. The van der Waals surface area contributed by atoms with Crippen molar-refractivity contribution in [3.05, 3.63) is 12.4 Å². The molecule has 0 aromatic carbocycles. The van der Waals surface area contributed by atoms with Crippen LogP contribution in [0.5, 0.6) is 5.75 Å². The van der Waals surface area contributed by atoms with E-state index in [2.05, 4.69) is 29.1 Å². The number of ether oxygens (including phenoxy) is 1. The fourth-order valence-electron chi connectivity index (χ4n) is 2.80. The number of rotatable bonds is 4. The zero-order valence-corrected chi connectivity index (χ0v) is 11.5. The van der Waals surface area contributed by atoms with Gasteiger partial charge in [0.25, 0.3) is 0 Å². The van der Waals surface area contributed by atoms with Gasteiger partial charge in [0.05, 0.1) is 19.5 Å². The van der Waals surface area contributed by atoms with E-state index < -0.39 is 0 Å². The van der Waals surface area contributed by atoms with Crippen LogP contribution in [0.15, 0.2) is 12.4 Å². The molecule has 1 aliphatic rings. The highest BCUT2D eigenvalue weighted by atomic mass is 16.5. The van der Waals surface area contributed by atoms with Crippen LogP contribution in [0.25, 0.3) is 0 Å². The molecule has 2 unspecified atom stereocenters. The molecule has 1 fully saturated rings. The molecule has 1 N–H and O–H groups in total. The van der Waals surface area contributed by atoms with Crippen LogP contribution in [-0.4, -0.2) is 23.1 Å². The highest BCUT2D eigenvalue weighted by molar-refractivity contribution is 5.28. The van der Waals surface area contributed by atoms with E-state index in [1.165, 1.54) is 25.7 Å². The van der Waals surface area contributed by atoms with Gasteiger partial charge in [-0.05, 0) is 24.7 Å². The summed E-state index contributed by atoms with van der Waals surface area (Å²) in [5, 5.41) is 3.49. The molecule has 0 saturated heterocycles. The van der Waals surface area contributed by atoms with E-state index in [9.17, 15) is 0 Å². The molecule has 2 rings (SSSR count). The number of methoxy groups -OCH3 is 1. The summed E-state index contributed by atoms with van der Waals surface area (Å²) in [4.78, 5) is 8.58. The van der Waals surface area contributed by atoms with Gasteiger partial charge in [-0.1, -0.05) is 26.7 Å². The standard InChI is InChI=1S/C14H23N3O/c1-10(2)12-6-4-5-7-13(12)17-14-15-8-11(18-3)9-16-14/h8-10,12-13H,4-7H2,1-3H3,(H,15,16,17). The maximum atomic E-state index is 5.07. The number of hydrogen-bond acceptors (Lipinski definition) is 4. The summed E-state index contributed by atoms with van der Waals surface area (Å²) in [6.45, 7) is 4.61. The van der Waals surface area contributed by atoms with Gasteiger partial charge in [0, 0.05) is 6.04 Å². The Morgan fingerprint density at radius 1 is 1.22 bits per heavy atom. The molecule has 4 heteroatoms. The fraction of sp³-hybridized carbons (Fsp3) is 0.714. The van der Waals surface area contributed by atoms with E-state index in [0.29, 0.717) is 23.7 Å². The molecule has 2 atom stereocenters. The second-order valence-corrected chi connectivity index (χ2v) is 5.39. The third-order valence-corrected chi connectivity index (χ3v) is 3.85. The van der Waals surface area contributed by atoms with Gasteiger partial charge in [0.1, 0.15) is 0 Å². The number of nitrogens with one attached hydrogen (secondary N) is 1. The van der Waals surface area contributed by atoms with Crippen molar-refractivity contribution in [2.45, 2.75) is 45.6 Å². The van der Waals surface area contributed by atoms with E-state index in [4.69, 9.17) is 4.74 Å². The molecule has 4 nitrogen and oxygen atoms in total. The molecule has 0 spiro atoms. The molecule has 1 heterocycles. The smallest absolute Gasteiger partial charge is 0.223 e. The third-order valence-electron chi connectivity index (χ3n) is 3.85. The summed E-state index contributed by atoms with van der Waals surface area (Å²) in [5.74, 6) is 2.85. The Balaban J connectivity index is 2.01. The van der Waals surface area contributed by atoms with Crippen LogP contribution in [0.1, 0.15) is 39.5 Å². The van der Waals surface area contributed by atoms with Gasteiger partial charge in [-0.3, -0.25) is 0 Å². The van der Waals surface area contributed by atoms with Crippen LogP contribution < -0.4 is 10.1 Å². The van der Waals surface area contributed by atoms with Gasteiger partial charge in [-0.15, -0.1) is 0 Å². The Morgan fingerprint density at radius 3 is 2.50 bits per heavy atom. The quantitative estimate of drug-likeness (QED) is 0.890. The van der Waals surface area contributed by atoms with Gasteiger partial charge < -0.3 is 10.1 Å². The van der Waals surface area contributed by atoms with Crippen LogP contribution in [0.4, 0.5) is 5.95 Å². The van der Waals surface area contributed by atoms with Gasteiger partial charge in [0.2, 0.25) is 5.95 Å². The van der Waals surface area contributed by atoms with Crippen LogP contribution in [-0.2, 0) is 0 Å².